The summed E-state index contributed by atoms with van der Waals surface area (Å²) in [5.74, 6) is -1.11. The summed E-state index contributed by atoms with van der Waals surface area (Å²) in [7, 11) is 1.71. The summed E-state index contributed by atoms with van der Waals surface area (Å²) in [6, 6.07) is 4.13. The van der Waals surface area contributed by atoms with Crippen LogP contribution < -0.4 is 5.32 Å². The summed E-state index contributed by atoms with van der Waals surface area (Å²) in [5.41, 5.74) is 1.02. The lowest BCUT2D eigenvalue weighted by Gasteiger charge is -2.19. The third kappa shape index (κ3) is 3.13. The van der Waals surface area contributed by atoms with E-state index in [0.29, 0.717) is 17.6 Å². The molecular weight excluding hydrogens is 274 g/mol. The number of oxazole rings is 1. The topological polar surface area (TPSA) is 95.7 Å². The Morgan fingerprint density at radius 2 is 2.19 bits per heavy atom. The number of nitrogens with zero attached hydrogens (tertiary/aromatic N) is 2. The molecule has 1 atom stereocenters. The normalized spacial score (nSPS) is 12.1. The number of anilines is 1. The molecule has 2 N–H and O–H groups in total. The average molecular weight is 291 g/mol. The number of fused-ring (bicyclic) bond motifs is 1. The van der Waals surface area contributed by atoms with E-state index in [2.05, 4.69) is 10.3 Å². The van der Waals surface area contributed by atoms with E-state index in [1.54, 1.807) is 24.9 Å². The van der Waals surface area contributed by atoms with E-state index in [1.807, 2.05) is 6.92 Å². The van der Waals surface area contributed by atoms with Crippen LogP contribution in [0.1, 0.15) is 24.2 Å². The van der Waals surface area contributed by atoms with Gasteiger partial charge in [0, 0.05) is 13.6 Å². The van der Waals surface area contributed by atoms with Crippen molar-refractivity contribution >= 4 is 29.0 Å². The number of likely N-dealkylation sites (N-methyl/N-ethyl adjacent to an activating group) is 1. The minimum Gasteiger partial charge on any atom is -0.478 e. The standard InChI is InChI=1S/C14H17N3O4/c1-4-17(3)12(18)8(2)15-14-16-10-6-5-9(13(19)20)7-11(10)21-14/h5-8H,4H2,1-3H3,(H,15,16)(H,19,20). The van der Waals surface area contributed by atoms with E-state index in [-0.39, 0.29) is 17.5 Å². The molecular formula is C14H17N3O4. The number of aromatic nitrogens is 1. The maximum atomic E-state index is 12.0. The summed E-state index contributed by atoms with van der Waals surface area (Å²) in [4.78, 5) is 28.6. The van der Waals surface area contributed by atoms with Crippen molar-refractivity contribution in [1.82, 2.24) is 9.88 Å². The summed E-state index contributed by atoms with van der Waals surface area (Å²) in [5, 5.41) is 11.8. The van der Waals surface area contributed by atoms with Crippen LogP contribution in [-0.4, -0.2) is 46.5 Å². The second kappa shape index (κ2) is 5.82. The van der Waals surface area contributed by atoms with Gasteiger partial charge in [-0.05, 0) is 32.0 Å². The van der Waals surface area contributed by atoms with Gasteiger partial charge in [0.2, 0.25) is 5.91 Å². The summed E-state index contributed by atoms with van der Waals surface area (Å²) < 4.78 is 5.44. The van der Waals surface area contributed by atoms with Crippen LogP contribution in [0.4, 0.5) is 6.01 Å². The molecule has 1 heterocycles. The molecule has 1 aromatic heterocycles. The fourth-order valence-electron chi connectivity index (χ4n) is 1.85. The number of carboxylic acids is 1. The van der Waals surface area contributed by atoms with Gasteiger partial charge in [-0.3, -0.25) is 4.79 Å². The van der Waals surface area contributed by atoms with Crippen LogP contribution >= 0.6 is 0 Å². The molecule has 112 valence electrons. The first-order chi connectivity index (χ1) is 9.92. The highest BCUT2D eigenvalue weighted by molar-refractivity contribution is 5.92. The van der Waals surface area contributed by atoms with Crippen molar-refractivity contribution in [3.8, 4) is 0 Å². The first-order valence-corrected chi connectivity index (χ1v) is 6.57. The zero-order chi connectivity index (χ0) is 15.6. The highest BCUT2D eigenvalue weighted by Crippen LogP contribution is 2.21. The molecule has 0 spiro atoms. The highest BCUT2D eigenvalue weighted by atomic mass is 16.4. The Balaban J connectivity index is 2.19. The number of hydrogen-bond acceptors (Lipinski definition) is 5. The van der Waals surface area contributed by atoms with Gasteiger partial charge in [0.15, 0.2) is 5.58 Å². The minimum absolute atomic E-state index is 0.0778. The fourth-order valence-corrected chi connectivity index (χ4v) is 1.85. The van der Waals surface area contributed by atoms with Crippen molar-refractivity contribution in [2.24, 2.45) is 0 Å². The molecule has 0 aliphatic rings. The van der Waals surface area contributed by atoms with E-state index >= 15 is 0 Å². The van der Waals surface area contributed by atoms with Crippen LogP contribution in [0.3, 0.4) is 0 Å². The van der Waals surface area contributed by atoms with Crippen LogP contribution in [0.15, 0.2) is 22.6 Å². The van der Waals surface area contributed by atoms with Gasteiger partial charge in [-0.2, -0.15) is 4.98 Å². The molecule has 0 radical (unpaired) electrons. The van der Waals surface area contributed by atoms with Crippen LogP contribution in [0.2, 0.25) is 0 Å². The largest absolute Gasteiger partial charge is 0.478 e. The second-order valence-electron chi connectivity index (χ2n) is 4.73. The van der Waals surface area contributed by atoms with Gasteiger partial charge in [0.1, 0.15) is 11.6 Å². The van der Waals surface area contributed by atoms with Gasteiger partial charge in [0.05, 0.1) is 5.56 Å². The Bertz CT molecular complexity index is 680. The molecule has 7 heteroatoms. The monoisotopic (exact) mass is 291 g/mol. The summed E-state index contributed by atoms with van der Waals surface area (Å²) >= 11 is 0. The van der Waals surface area contributed by atoms with Gasteiger partial charge in [-0.15, -0.1) is 0 Å². The number of aromatic carboxylic acids is 1. The Labute approximate surface area is 121 Å². The molecule has 1 aromatic carbocycles. The maximum Gasteiger partial charge on any atom is 0.335 e. The number of hydrogen-bond donors (Lipinski definition) is 2. The summed E-state index contributed by atoms with van der Waals surface area (Å²) in [6.07, 6.45) is 0. The number of carboxylic acid groups (broad SMARTS) is 1. The minimum atomic E-state index is -1.03. The molecule has 2 rings (SSSR count). The van der Waals surface area contributed by atoms with Gasteiger partial charge in [-0.25, -0.2) is 4.79 Å². The van der Waals surface area contributed by atoms with E-state index in [0.717, 1.165) is 0 Å². The molecule has 2 aromatic rings. The van der Waals surface area contributed by atoms with Crippen molar-refractivity contribution < 1.29 is 19.1 Å². The molecule has 0 saturated carbocycles. The predicted octanol–water partition coefficient (Wildman–Crippen LogP) is 1.80. The Morgan fingerprint density at radius 3 is 2.81 bits per heavy atom. The third-order valence-corrected chi connectivity index (χ3v) is 3.20. The number of benzene rings is 1. The number of rotatable bonds is 5. The van der Waals surface area contributed by atoms with Crippen LogP contribution in [0.25, 0.3) is 11.1 Å². The van der Waals surface area contributed by atoms with Crippen LogP contribution in [0.5, 0.6) is 0 Å². The van der Waals surface area contributed by atoms with Crippen LogP contribution in [-0.2, 0) is 4.79 Å². The van der Waals surface area contributed by atoms with Gasteiger partial charge >= 0.3 is 5.97 Å². The third-order valence-electron chi connectivity index (χ3n) is 3.20. The molecule has 0 aliphatic heterocycles. The Kier molecular flexibility index (Phi) is 4.11. The molecule has 0 fully saturated rings. The second-order valence-corrected chi connectivity index (χ2v) is 4.73. The number of amides is 1. The lowest BCUT2D eigenvalue weighted by Crippen LogP contribution is -2.38. The lowest BCUT2D eigenvalue weighted by molar-refractivity contribution is -0.130. The number of carbonyl (C=O) groups is 2. The Morgan fingerprint density at radius 1 is 1.48 bits per heavy atom. The van der Waals surface area contributed by atoms with Crippen molar-refractivity contribution in [1.29, 1.82) is 0 Å². The lowest BCUT2D eigenvalue weighted by atomic mass is 10.2. The smallest absolute Gasteiger partial charge is 0.335 e. The quantitative estimate of drug-likeness (QED) is 0.872. The number of nitrogens with one attached hydrogen (secondary N) is 1. The SMILES string of the molecule is CCN(C)C(=O)C(C)Nc1nc2ccc(C(=O)O)cc2o1. The van der Waals surface area contributed by atoms with Crippen molar-refractivity contribution in [2.45, 2.75) is 19.9 Å². The molecule has 0 bridgehead atoms. The van der Waals surface area contributed by atoms with Gasteiger partial charge < -0.3 is 19.7 Å². The zero-order valence-corrected chi connectivity index (χ0v) is 12.1. The maximum absolute atomic E-state index is 12.0. The van der Waals surface area contributed by atoms with Gasteiger partial charge in [0.25, 0.3) is 6.01 Å². The zero-order valence-electron chi connectivity index (χ0n) is 12.1. The molecule has 7 nitrogen and oxygen atoms in total. The van der Waals surface area contributed by atoms with E-state index in [9.17, 15) is 9.59 Å². The van der Waals surface area contributed by atoms with E-state index < -0.39 is 12.0 Å². The number of carbonyl (C=O) groups excluding carboxylic acids is 1. The molecule has 21 heavy (non-hydrogen) atoms. The fraction of sp³-hybridized carbons (Fsp3) is 0.357. The van der Waals surface area contributed by atoms with E-state index in [1.165, 1.54) is 12.1 Å². The molecule has 1 unspecified atom stereocenters. The van der Waals surface area contributed by atoms with Crippen LogP contribution in [0, 0.1) is 0 Å². The van der Waals surface area contributed by atoms with Crippen molar-refractivity contribution in [3.63, 3.8) is 0 Å². The van der Waals surface area contributed by atoms with E-state index in [4.69, 9.17) is 9.52 Å². The van der Waals surface area contributed by atoms with Crippen molar-refractivity contribution in [2.75, 3.05) is 18.9 Å². The first kappa shape index (κ1) is 14.8. The van der Waals surface area contributed by atoms with Gasteiger partial charge in [-0.1, -0.05) is 0 Å². The summed E-state index contributed by atoms with van der Waals surface area (Å²) in [6.45, 7) is 4.21. The average Bonchev–Trinajstić information content (AvgIpc) is 2.86. The Hall–Kier alpha value is -2.57. The molecule has 0 aliphatic carbocycles. The van der Waals surface area contributed by atoms with Crippen molar-refractivity contribution in [3.05, 3.63) is 23.8 Å². The predicted molar refractivity (Wildman–Crippen MR) is 77.4 cm³/mol. The highest BCUT2D eigenvalue weighted by Gasteiger charge is 2.18. The molecule has 1 amide bonds. The first-order valence-electron chi connectivity index (χ1n) is 6.57. The molecule has 0 saturated heterocycles.